The van der Waals surface area contributed by atoms with Crippen LogP contribution in [-0.2, 0) is 22.4 Å². The molecule has 9 nitrogen and oxygen atoms in total. The summed E-state index contributed by atoms with van der Waals surface area (Å²) >= 11 is 2.54. The lowest BCUT2D eigenvalue weighted by atomic mass is 10.1. The number of ether oxygens (including phenoxy) is 1. The van der Waals surface area contributed by atoms with E-state index in [9.17, 15) is 14.4 Å². The highest BCUT2D eigenvalue weighted by atomic mass is 32.1. The van der Waals surface area contributed by atoms with Crippen LogP contribution in [0.5, 0.6) is 0 Å². The molecule has 3 heterocycles. The molecule has 0 atom stereocenters. The summed E-state index contributed by atoms with van der Waals surface area (Å²) in [6, 6.07) is 1.68. The maximum absolute atomic E-state index is 12.2. The molecule has 0 aliphatic heterocycles. The molecule has 0 bridgehead atoms. The van der Waals surface area contributed by atoms with Gasteiger partial charge in [0.1, 0.15) is 5.00 Å². The highest BCUT2D eigenvalue weighted by Gasteiger charge is 2.26. The van der Waals surface area contributed by atoms with E-state index in [2.05, 4.69) is 20.3 Å². The Morgan fingerprint density at radius 3 is 2.76 bits per heavy atom. The van der Waals surface area contributed by atoms with Gasteiger partial charge in [-0.05, 0) is 30.9 Å². The van der Waals surface area contributed by atoms with Gasteiger partial charge in [0.2, 0.25) is 0 Å². The van der Waals surface area contributed by atoms with E-state index < -0.39 is 24.4 Å². The highest BCUT2D eigenvalue weighted by molar-refractivity contribution is 7.17. The predicted molar refractivity (Wildman–Crippen MR) is 107 cm³/mol. The molecule has 0 spiro atoms. The van der Waals surface area contributed by atoms with Gasteiger partial charge in [0, 0.05) is 22.7 Å². The molecule has 3 N–H and O–H groups in total. The Kier molecular flexibility index (Phi) is 5.32. The van der Waals surface area contributed by atoms with E-state index in [1.54, 1.807) is 18.5 Å². The molecule has 0 saturated heterocycles. The lowest BCUT2D eigenvalue weighted by Gasteiger charge is -2.06. The number of hydrogen-bond acceptors (Lipinski definition) is 9. The van der Waals surface area contributed by atoms with Gasteiger partial charge in [-0.2, -0.15) is 0 Å². The third-order valence-corrected chi connectivity index (χ3v) is 6.27. The number of carbonyl (C=O) groups is 3. The topological polar surface area (TPSA) is 137 Å². The second-order valence-corrected chi connectivity index (χ2v) is 8.12. The number of esters is 1. The van der Waals surface area contributed by atoms with Crippen molar-refractivity contribution in [2.24, 2.45) is 5.73 Å². The average molecular weight is 429 g/mol. The monoisotopic (exact) mass is 429 g/mol. The molecule has 0 aromatic carbocycles. The number of primary amides is 1. The minimum Gasteiger partial charge on any atom is -0.451 e. The fourth-order valence-corrected chi connectivity index (χ4v) is 5.05. The number of nitrogens with two attached hydrogens (primary N) is 1. The van der Waals surface area contributed by atoms with Crippen molar-refractivity contribution in [2.75, 3.05) is 11.9 Å². The average Bonchev–Trinajstić information content (AvgIpc) is 3.42. The third kappa shape index (κ3) is 4.00. The van der Waals surface area contributed by atoms with Crippen molar-refractivity contribution in [3.63, 3.8) is 0 Å². The summed E-state index contributed by atoms with van der Waals surface area (Å²) in [5.41, 5.74) is 6.80. The molecule has 3 aromatic heterocycles. The Morgan fingerprint density at radius 1 is 1.21 bits per heavy atom. The summed E-state index contributed by atoms with van der Waals surface area (Å²) in [6.45, 7) is -0.506. The first kappa shape index (κ1) is 19.2. The van der Waals surface area contributed by atoms with Crippen LogP contribution in [0, 0.1) is 0 Å². The first-order chi connectivity index (χ1) is 14.0. The summed E-state index contributed by atoms with van der Waals surface area (Å²) in [5.74, 6) is -1.46. The van der Waals surface area contributed by atoms with Crippen LogP contribution in [0.25, 0.3) is 10.8 Å². The summed E-state index contributed by atoms with van der Waals surface area (Å²) in [4.78, 5) is 49.5. The fourth-order valence-electron chi connectivity index (χ4n) is 3.00. The number of aromatic nitrogens is 3. The number of anilines is 1. The minimum absolute atomic E-state index is 0.0678. The van der Waals surface area contributed by atoms with Crippen molar-refractivity contribution in [1.29, 1.82) is 0 Å². The molecular weight excluding hydrogens is 414 g/mol. The van der Waals surface area contributed by atoms with Gasteiger partial charge in [-0.25, -0.2) is 19.7 Å². The molecule has 0 radical (unpaired) electrons. The summed E-state index contributed by atoms with van der Waals surface area (Å²) in [5, 5.41) is 5.01. The van der Waals surface area contributed by atoms with Gasteiger partial charge in [-0.15, -0.1) is 22.7 Å². The molecule has 0 saturated carbocycles. The molecule has 1 aliphatic carbocycles. The number of thiophene rings is 1. The van der Waals surface area contributed by atoms with Crippen LogP contribution in [0.15, 0.2) is 23.8 Å². The molecule has 4 rings (SSSR count). The Morgan fingerprint density at radius 2 is 2.00 bits per heavy atom. The number of hydrogen-bond donors (Lipinski definition) is 2. The number of thiazole rings is 1. The number of aryl methyl sites for hydroxylation is 1. The Labute approximate surface area is 173 Å². The zero-order valence-corrected chi connectivity index (χ0v) is 16.6. The van der Waals surface area contributed by atoms with E-state index in [0.29, 0.717) is 21.4 Å². The van der Waals surface area contributed by atoms with Crippen LogP contribution in [0.1, 0.15) is 37.7 Å². The van der Waals surface area contributed by atoms with Gasteiger partial charge < -0.3 is 15.8 Å². The van der Waals surface area contributed by atoms with Crippen molar-refractivity contribution in [2.45, 2.75) is 19.3 Å². The molecule has 11 heteroatoms. The molecular formula is C18H15N5O4S2. The Bertz CT molecular complexity index is 1090. The van der Waals surface area contributed by atoms with Crippen molar-refractivity contribution >= 4 is 45.5 Å². The van der Waals surface area contributed by atoms with Gasteiger partial charge in [-0.1, -0.05) is 0 Å². The smallest absolute Gasteiger partial charge is 0.358 e. The van der Waals surface area contributed by atoms with Crippen LogP contribution in [0.3, 0.4) is 0 Å². The molecule has 29 heavy (non-hydrogen) atoms. The van der Waals surface area contributed by atoms with Crippen molar-refractivity contribution in [3.8, 4) is 10.8 Å². The Hall–Kier alpha value is -3.18. The predicted octanol–water partition coefficient (Wildman–Crippen LogP) is 2.04. The van der Waals surface area contributed by atoms with E-state index in [1.165, 1.54) is 28.1 Å². The van der Waals surface area contributed by atoms with E-state index in [4.69, 9.17) is 10.5 Å². The number of carbonyl (C=O) groups excluding carboxylic acids is 3. The lowest BCUT2D eigenvalue weighted by Crippen LogP contribution is -2.22. The fraction of sp³-hybridized carbons (Fsp3) is 0.222. The standard InChI is InChI=1S/C18H15N5O4S2/c19-14(25)13-9-3-1-4-11(9)29-16(13)23-12(24)7-27-18(26)10-8-28-17(22-10)15-20-5-2-6-21-15/h2,5-6,8H,1,3-4,7H2,(H2,19,25)(H,23,24). The van der Waals surface area contributed by atoms with Crippen LogP contribution >= 0.6 is 22.7 Å². The molecule has 2 amide bonds. The van der Waals surface area contributed by atoms with Crippen molar-refractivity contribution < 1.29 is 19.1 Å². The zero-order valence-electron chi connectivity index (χ0n) is 15.0. The summed E-state index contributed by atoms with van der Waals surface area (Å²) in [6.07, 6.45) is 5.76. The molecule has 3 aromatic rings. The number of rotatable bonds is 6. The van der Waals surface area contributed by atoms with E-state index in [1.807, 2.05) is 0 Å². The number of amides is 2. The molecule has 1 aliphatic rings. The second kappa shape index (κ2) is 8.05. The summed E-state index contributed by atoms with van der Waals surface area (Å²) < 4.78 is 5.03. The van der Waals surface area contributed by atoms with Crippen molar-refractivity contribution in [1.82, 2.24) is 15.0 Å². The van der Waals surface area contributed by atoms with Crippen LogP contribution in [0.2, 0.25) is 0 Å². The highest BCUT2D eigenvalue weighted by Crippen LogP contribution is 2.38. The van der Waals surface area contributed by atoms with E-state index >= 15 is 0 Å². The summed E-state index contributed by atoms with van der Waals surface area (Å²) in [7, 11) is 0. The van der Waals surface area contributed by atoms with Crippen LogP contribution in [0.4, 0.5) is 5.00 Å². The number of nitrogens with zero attached hydrogens (tertiary/aromatic N) is 3. The van der Waals surface area contributed by atoms with Gasteiger partial charge in [0.05, 0.1) is 5.56 Å². The normalized spacial score (nSPS) is 12.4. The third-order valence-electron chi connectivity index (χ3n) is 4.23. The largest absolute Gasteiger partial charge is 0.451 e. The zero-order chi connectivity index (χ0) is 20.4. The lowest BCUT2D eigenvalue weighted by molar-refractivity contribution is -0.119. The van der Waals surface area contributed by atoms with E-state index in [-0.39, 0.29) is 5.69 Å². The molecule has 148 valence electrons. The van der Waals surface area contributed by atoms with Gasteiger partial charge >= 0.3 is 5.97 Å². The maximum atomic E-state index is 12.2. The van der Waals surface area contributed by atoms with Gasteiger partial charge in [-0.3, -0.25) is 9.59 Å². The number of fused-ring (bicyclic) bond motifs is 1. The first-order valence-corrected chi connectivity index (χ1v) is 10.4. The number of nitrogens with one attached hydrogen (secondary N) is 1. The first-order valence-electron chi connectivity index (χ1n) is 8.67. The molecule has 0 fully saturated rings. The quantitative estimate of drug-likeness (QED) is 0.572. The van der Waals surface area contributed by atoms with Crippen LogP contribution < -0.4 is 11.1 Å². The Balaban J connectivity index is 1.38. The maximum Gasteiger partial charge on any atom is 0.358 e. The van der Waals surface area contributed by atoms with Crippen molar-refractivity contribution in [3.05, 3.63) is 45.5 Å². The second-order valence-electron chi connectivity index (χ2n) is 6.16. The van der Waals surface area contributed by atoms with Gasteiger partial charge in [0.15, 0.2) is 23.1 Å². The van der Waals surface area contributed by atoms with E-state index in [0.717, 1.165) is 29.7 Å². The van der Waals surface area contributed by atoms with Crippen LogP contribution in [-0.4, -0.2) is 39.3 Å². The molecule has 0 unspecified atom stereocenters. The minimum atomic E-state index is -0.734. The van der Waals surface area contributed by atoms with Gasteiger partial charge in [0.25, 0.3) is 11.8 Å². The SMILES string of the molecule is NC(=O)c1c(NC(=O)COC(=O)c2csc(-c3ncccn3)n2)sc2c1CCC2.